The van der Waals surface area contributed by atoms with Crippen molar-refractivity contribution in [2.24, 2.45) is 0 Å². The molecule has 126 valence electrons. The van der Waals surface area contributed by atoms with Gasteiger partial charge in [-0.25, -0.2) is 9.37 Å². The lowest BCUT2D eigenvalue weighted by Crippen LogP contribution is -2.15. The van der Waals surface area contributed by atoms with Gasteiger partial charge in [-0.05, 0) is 42.0 Å². The monoisotopic (exact) mass is 355 g/mol. The standard InChI is InChI=1S/C19H15ClFN3O/c20-14-5-3-6-15(11-14)23-18-9-8-16(12-22-18)24-19(25)10-13-4-1-2-7-17(13)21/h1-9,11-12H,10H2,(H,22,23)(H,24,25). The summed E-state index contributed by atoms with van der Waals surface area (Å²) in [7, 11) is 0. The zero-order valence-electron chi connectivity index (χ0n) is 13.2. The molecule has 0 aliphatic carbocycles. The van der Waals surface area contributed by atoms with E-state index in [1.807, 2.05) is 12.1 Å². The molecule has 0 saturated heterocycles. The van der Waals surface area contributed by atoms with Crippen molar-refractivity contribution in [3.05, 3.63) is 83.3 Å². The molecule has 4 nitrogen and oxygen atoms in total. The van der Waals surface area contributed by atoms with Crippen LogP contribution in [0.1, 0.15) is 5.56 Å². The Kier molecular flexibility index (Phi) is 5.26. The summed E-state index contributed by atoms with van der Waals surface area (Å²) in [5.41, 5.74) is 1.71. The summed E-state index contributed by atoms with van der Waals surface area (Å²) in [6, 6.07) is 16.9. The first-order valence-corrected chi connectivity index (χ1v) is 8.00. The van der Waals surface area contributed by atoms with Gasteiger partial charge < -0.3 is 10.6 Å². The van der Waals surface area contributed by atoms with Gasteiger partial charge in [-0.2, -0.15) is 0 Å². The fraction of sp³-hybridized carbons (Fsp3) is 0.0526. The molecule has 0 fully saturated rings. The Morgan fingerprint density at radius 2 is 1.88 bits per heavy atom. The number of aromatic nitrogens is 1. The molecule has 1 heterocycles. The largest absolute Gasteiger partial charge is 0.340 e. The number of pyridine rings is 1. The van der Waals surface area contributed by atoms with E-state index in [9.17, 15) is 9.18 Å². The second-order valence-corrected chi connectivity index (χ2v) is 5.82. The van der Waals surface area contributed by atoms with Crippen molar-refractivity contribution in [1.29, 1.82) is 0 Å². The predicted octanol–water partition coefficient (Wildman–Crippen LogP) is 4.80. The van der Waals surface area contributed by atoms with E-state index in [1.165, 1.54) is 12.3 Å². The van der Waals surface area contributed by atoms with Gasteiger partial charge in [0.2, 0.25) is 5.91 Å². The normalized spacial score (nSPS) is 10.3. The summed E-state index contributed by atoms with van der Waals surface area (Å²) < 4.78 is 13.6. The predicted molar refractivity (Wildman–Crippen MR) is 97.7 cm³/mol. The lowest BCUT2D eigenvalue weighted by atomic mass is 10.1. The van der Waals surface area contributed by atoms with E-state index in [0.717, 1.165) is 5.69 Å². The molecule has 3 aromatic rings. The number of nitrogens with zero attached hydrogens (tertiary/aromatic N) is 1. The third kappa shape index (κ3) is 4.78. The molecular weight excluding hydrogens is 341 g/mol. The Hall–Kier alpha value is -2.92. The van der Waals surface area contributed by atoms with Crippen molar-refractivity contribution in [2.75, 3.05) is 10.6 Å². The highest BCUT2D eigenvalue weighted by Gasteiger charge is 2.08. The van der Waals surface area contributed by atoms with Crippen molar-refractivity contribution in [3.8, 4) is 0 Å². The number of carbonyl (C=O) groups excluding carboxylic acids is 1. The van der Waals surface area contributed by atoms with Crippen LogP contribution in [0.3, 0.4) is 0 Å². The van der Waals surface area contributed by atoms with E-state index in [-0.39, 0.29) is 12.3 Å². The van der Waals surface area contributed by atoms with Crippen LogP contribution in [-0.2, 0) is 11.2 Å². The van der Waals surface area contributed by atoms with Crippen LogP contribution in [0.4, 0.5) is 21.6 Å². The highest BCUT2D eigenvalue weighted by atomic mass is 35.5. The number of rotatable bonds is 5. The van der Waals surface area contributed by atoms with Crippen LogP contribution in [0.15, 0.2) is 66.9 Å². The molecule has 1 aromatic heterocycles. The Morgan fingerprint density at radius 1 is 1.04 bits per heavy atom. The van der Waals surface area contributed by atoms with Gasteiger partial charge >= 0.3 is 0 Å². The van der Waals surface area contributed by atoms with Crippen LogP contribution in [-0.4, -0.2) is 10.9 Å². The molecule has 0 unspecified atom stereocenters. The maximum absolute atomic E-state index is 13.6. The number of hydrogen-bond acceptors (Lipinski definition) is 3. The fourth-order valence-corrected chi connectivity index (χ4v) is 2.47. The lowest BCUT2D eigenvalue weighted by Gasteiger charge is -2.08. The molecular formula is C19H15ClFN3O. The molecule has 0 atom stereocenters. The fourth-order valence-electron chi connectivity index (χ4n) is 2.28. The summed E-state index contributed by atoms with van der Waals surface area (Å²) in [5.74, 6) is -0.0753. The van der Waals surface area contributed by atoms with E-state index in [0.29, 0.717) is 22.1 Å². The Labute approximate surface area is 149 Å². The lowest BCUT2D eigenvalue weighted by molar-refractivity contribution is -0.115. The Balaban J connectivity index is 1.60. The van der Waals surface area contributed by atoms with Crippen molar-refractivity contribution in [1.82, 2.24) is 4.98 Å². The molecule has 2 aromatic carbocycles. The molecule has 0 saturated carbocycles. The van der Waals surface area contributed by atoms with E-state index < -0.39 is 5.82 Å². The van der Waals surface area contributed by atoms with Gasteiger partial charge in [0.05, 0.1) is 18.3 Å². The zero-order valence-corrected chi connectivity index (χ0v) is 13.9. The quantitative estimate of drug-likeness (QED) is 0.691. The molecule has 25 heavy (non-hydrogen) atoms. The Morgan fingerprint density at radius 3 is 2.60 bits per heavy atom. The number of carbonyl (C=O) groups is 1. The topological polar surface area (TPSA) is 54.0 Å². The number of anilines is 3. The molecule has 6 heteroatoms. The summed E-state index contributed by atoms with van der Waals surface area (Å²) in [6.07, 6.45) is 1.50. The Bertz CT molecular complexity index is 884. The summed E-state index contributed by atoms with van der Waals surface area (Å²) in [6.45, 7) is 0. The van der Waals surface area contributed by atoms with Crippen LogP contribution >= 0.6 is 11.6 Å². The molecule has 0 spiro atoms. The summed E-state index contributed by atoms with van der Waals surface area (Å²) >= 11 is 5.94. The first kappa shape index (κ1) is 16.9. The number of amides is 1. The highest BCUT2D eigenvalue weighted by Crippen LogP contribution is 2.19. The smallest absolute Gasteiger partial charge is 0.228 e. The van der Waals surface area contributed by atoms with Crippen molar-refractivity contribution >= 4 is 34.7 Å². The van der Waals surface area contributed by atoms with Gasteiger partial charge in [0.1, 0.15) is 11.6 Å². The second-order valence-electron chi connectivity index (χ2n) is 5.38. The average Bonchev–Trinajstić information content (AvgIpc) is 2.59. The van der Waals surface area contributed by atoms with Gasteiger partial charge in [0.15, 0.2) is 0 Å². The molecule has 0 radical (unpaired) electrons. The van der Waals surface area contributed by atoms with E-state index in [2.05, 4.69) is 15.6 Å². The molecule has 0 bridgehead atoms. The minimum atomic E-state index is -0.392. The number of hydrogen-bond donors (Lipinski definition) is 2. The maximum atomic E-state index is 13.6. The van der Waals surface area contributed by atoms with E-state index in [4.69, 9.17) is 11.6 Å². The maximum Gasteiger partial charge on any atom is 0.228 e. The van der Waals surface area contributed by atoms with Crippen LogP contribution in [0, 0.1) is 5.82 Å². The van der Waals surface area contributed by atoms with Gasteiger partial charge in [0.25, 0.3) is 0 Å². The van der Waals surface area contributed by atoms with Gasteiger partial charge in [-0.15, -0.1) is 0 Å². The van der Waals surface area contributed by atoms with Gasteiger partial charge in [0, 0.05) is 10.7 Å². The number of benzene rings is 2. The van der Waals surface area contributed by atoms with E-state index >= 15 is 0 Å². The van der Waals surface area contributed by atoms with E-state index in [1.54, 1.807) is 42.5 Å². The summed E-state index contributed by atoms with van der Waals surface area (Å²) in [4.78, 5) is 16.2. The second kappa shape index (κ2) is 7.77. The van der Waals surface area contributed by atoms with Crippen LogP contribution in [0.5, 0.6) is 0 Å². The SMILES string of the molecule is O=C(Cc1ccccc1F)Nc1ccc(Nc2cccc(Cl)c2)nc1. The first-order chi connectivity index (χ1) is 12.1. The third-order valence-corrected chi connectivity index (χ3v) is 3.69. The van der Waals surface area contributed by atoms with Gasteiger partial charge in [-0.3, -0.25) is 4.79 Å². The number of halogens is 2. The zero-order chi connectivity index (χ0) is 17.6. The number of nitrogens with one attached hydrogen (secondary N) is 2. The summed E-state index contributed by atoms with van der Waals surface area (Å²) in [5, 5.41) is 6.44. The van der Waals surface area contributed by atoms with Crippen molar-refractivity contribution < 1.29 is 9.18 Å². The minimum Gasteiger partial charge on any atom is -0.340 e. The molecule has 1 amide bonds. The van der Waals surface area contributed by atoms with Crippen LogP contribution in [0.25, 0.3) is 0 Å². The molecule has 2 N–H and O–H groups in total. The van der Waals surface area contributed by atoms with Crippen LogP contribution < -0.4 is 10.6 Å². The van der Waals surface area contributed by atoms with Crippen molar-refractivity contribution in [2.45, 2.75) is 6.42 Å². The average molecular weight is 356 g/mol. The minimum absolute atomic E-state index is 0.0326. The van der Waals surface area contributed by atoms with Crippen molar-refractivity contribution in [3.63, 3.8) is 0 Å². The molecule has 0 aliphatic heterocycles. The highest BCUT2D eigenvalue weighted by molar-refractivity contribution is 6.30. The van der Waals surface area contributed by atoms with Gasteiger partial charge in [-0.1, -0.05) is 35.9 Å². The first-order valence-electron chi connectivity index (χ1n) is 7.62. The molecule has 0 aliphatic rings. The molecule has 3 rings (SSSR count). The third-order valence-electron chi connectivity index (χ3n) is 3.45. The van der Waals surface area contributed by atoms with Crippen LogP contribution in [0.2, 0.25) is 5.02 Å².